The summed E-state index contributed by atoms with van der Waals surface area (Å²) in [5.74, 6) is -0.139. The van der Waals surface area contributed by atoms with Gasteiger partial charge in [0.1, 0.15) is 6.67 Å². The summed E-state index contributed by atoms with van der Waals surface area (Å²) in [7, 11) is 0. The average molecular weight is 248 g/mol. The molecule has 0 spiro atoms. The fraction of sp³-hybridized carbons (Fsp3) is 0.429. The number of anilines is 1. The highest BCUT2D eigenvalue weighted by Crippen LogP contribution is 2.25. The molecule has 1 N–H and O–H groups in total. The molecule has 1 aromatic carbocycles. The van der Waals surface area contributed by atoms with E-state index in [0.29, 0.717) is 22.4 Å². The molecule has 0 aromatic heterocycles. The molecule has 18 heavy (non-hydrogen) atoms. The Labute approximate surface area is 107 Å². The number of hydrogen-bond donors (Lipinski definition) is 1. The first-order chi connectivity index (χ1) is 8.31. The summed E-state index contributed by atoms with van der Waals surface area (Å²) in [6.45, 7) is 6.40. The first-order valence-corrected chi connectivity index (χ1v) is 5.71. The number of hydrogen-bond acceptors (Lipinski definition) is 2. The number of amides is 1. The predicted octanol–water partition coefficient (Wildman–Crippen LogP) is 3.32. The Balaban J connectivity index is 3.14. The lowest BCUT2D eigenvalue weighted by atomic mass is 9.94. The summed E-state index contributed by atoms with van der Waals surface area (Å²) in [5, 5.41) is 11.6. The van der Waals surface area contributed by atoms with Crippen LogP contribution < -0.4 is 5.32 Å². The van der Waals surface area contributed by atoms with Crippen LogP contribution in [-0.4, -0.2) is 5.91 Å². The lowest BCUT2D eigenvalue weighted by molar-refractivity contribution is -0.123. The van der Waals surface area contributed by atoms with E-state index >= 15 is 0 Å². The monoisotopic (exact) mass is 248 g/mol. The van der Waals surface area contributed by atoms with Gasteiger partial charge in [0.2, 0.25) is 5.91 Å². The number of carbonyl (C=O) groups is 1. The molecule has 0 saturated heterocycles. The normalized spacial score (nSPS) is 10.9. The highest BCUT2D eigenvalue weighted by Gasteiger charge is 2.22. The van der Waals surface area contributed by atoms with Gasteiger partial charge in [-0.2, -0.15) is 5.26 Å². The number of benzene rings is 1. The van der Waals surface area contributed by atoms with Gasteiger partial charge in [0, 0.05) is 16.7 Å². The van der Waals surface area contributed by atoms with Crippen molar-refractivity contribution in [2.24, 2.45) is 5.41 Å². The molecule has 3 nitrogen and oxygen atoms in total. The molecule has 0 saturated carbocycles. The van der Waals surface area contributed by atoms with Gasteiger partial charge in [-0.15, -0.1) is 0 Å². The maximum atomic E-state index is 12.9. The van der Waals surface area contributed by atoms with Crippen LogP contribution in [0.25, 0.3) is 0 Å². The quantitative estimate of drug-likeness (QED) is 0.872. The van der Waals surface area contributed by atoms with Crippen molar-refractivity contribution in [2.75, 3.05) is 5.32 Å². The first kappa shape index (κ1) is 14.2. The van der Waals surface area contributed by atoms with Crippen LogP contribution in [0.2, 0.25) is 0 Å². The van der Waals surface area contributed by atoms with Gasteiger partial charge >= 0.3 is 0 Å². The number of alkyl halides is 1. The maximum absolute atomic E-state index is 12.9. The van der Waals surface area contributed by atoms with Crippen molar-refractivity contribution in [1.29, 1.82) is 5.26 Å². The van der Waals surface area contributed by atoms with E-state index in [-0.39, 0.29) is 5.91 Å². The number of nitrogens with one attached hydrogen (secondary N) is 1. The van der Waals surface area contributed by atoms with Crippen molar-refractivity contribution in [2.45, 2.75) is 34.4 Å². The van der Waals surface area contributed by atoms with Crippen molar-refractivity contribution in [3.8, 4) is 6.07 Å². The van der Waals surface area contributed by atoms with Crippen LogP contribution >= 0.6 is 0 Å². The van der Waals surface area contributed by atoms with Crippen molar-refractivity contribution >= 4 is 11.6 Å². The molecule has 0 atom stereocenters. The van der Waals surface area contributed by atoms with E-state index in [1.165, 1.54) is 6.07 Å². The number of nitriles is 1. The molecule has 0 fully saturated rings. The Hall–Kier alpha value is -1.89. The van der Waals surface area contributed by atoms with Crippen LogP contribution in [0, 0.1) is 23.7 Å². The third kappa shape index (κ3) is 2.86. The van der Waals surface area contributed by atoms with E-state index in [0.717, 1.165) is 0 Å². The van der Waals surface area contributed by atoms with Crippen LogP contribution in [-0.2, 0) is 11.5 Å². The minimum absolute atomic E-state index is 0.139. The molecule has 96 valence electrons. The van der Waals surface area contributed by atoms with E-state index < -0.39 is 12.1 Å². The summed E-state index contributed by atoms with van der Waals surface area (Å²) in [6, 6.07) is 5.11. The van der Waals surface area contributed by atoms with E-state index in [9.17, 15) is 9.18 Å². The highest BCUT2D eigenvalue weighted by atomic mass is 19.1. The maximum Gasteiger partial charge on any atom is 0.229 e. The summed E-state index contributed by atoms with van der Waals surface area (Å²) in [6.07, 6.45) is 0. The summed E-state index contributed by atoms with van der Waals surface area (Å²) < 4.78 is 12.9. The van der Waals surface area contributed by atoms with Crippen molar-refractivity contribution in [3.05, 3.63) is 28.8 Å². The molecule has 0 radical (unpaired) electrons. The third-order valence-electron chi connectivity index (χ3n) is 2.78. The smallest absolute Gasteiger partial charge is 0.229 e. The minimum atomic E-state index is -0.714. The van der Waals surface area contributed by atoms with Gasteiger partial charge in [-0.25, -0.2) is 4.39 Å². The standard InChI is InChI=1S/C14H17FN2O/c1-9-11(7-15)10(8-16)5-6-12(9)17-13(18)14(2,3)4/h5-6H,7H2,1-4H3,(H,17,18). The van der Waals surface area contributed by atoms with Crippen LogP contribution in [0.15, 0.2) is 12.1 Å². The predicted molar refractivity (Wildman–Crippen MR) is 68.8 cm³/mol. The molecule has 0 aliphatic carbocycles. The largest absolute Gasteiger partial charge is 0.325 e. The zero-order valence-electron chi connectivity index (χ0n) is 11.1. The second-order valence-corrected chi connectivity index (χ2v) is 5.21. The molecule has 0 aliphatic rings. The lowest BCUT2D eigenvalue weighted by Gasteiger charge is -2.19. The minimum Gasteiger partial charge on any atom is -0.325 e. The molecule has 0 aliphatic heterocycles. The van der Waals surface area contributed by atoms with Crippen molar-refractivity contribution < 1.29 is 9.18 Å². The Morgan fingerprint density at radius 2 is 2.06 bits per heavy atom. The van der Waals surface area contributed by atoms with Gasteiger partial charge in [0.25, 0.3) is 0 Å². The van der Waals surface area contributed by atoms with Gasteiger partial charge in [0.15, 0.2) is 0 Å². The number of carbonyl (C=O) groups excluding carboxylic acids is 1. The summed E-state index contributed by atoms with van der Waals surface area (Å²) >= 11 is 0. The fourth-order valence-corrected chi connectivity index (χ4v) is 1.48. The molecular weight excluding hydrogens is 231 g/mol. The number of nitrogens with zero attached hydrogens (tertiary/aromatic N) is 1. The molecule has 0 heterocycles. The molecule has 4 heteroatoms. The first-order valence-electron chi connectivity index (χ1n) is 5.71. The Morgan fingerprint density at radius 1 is 1.44 bits per heavy atom. The number of halogens is 1. The fourth-order valence-electron chi connectivity index (χ4n) is 1.48. The topological polar surface area (TPSA) is 52.9 Å². The van der Waals surface area contributed by atoms with E-state index in [1.807, 2.05) is 6.07 Å². The van der Waals surface area contributed by atoms with Gasteiger partial charge in [0.05, 0.1) is 11.6 Å². The van der Waals surface area contributed by atoms with E-state index in [4.69, 9.17) is 5.26 Å². The van der Waals surface area contributed by atoms with Gasteiger partial charge in [-0.05, 0) is 24.6 Å². The molecule has 0 bridgehead atoms. The second-order valence-electron chi connectivity index (χ2n) is 5.21. The van der Waals surface area contributed by atoms with Gasteiger partial charge in [-0.3, -0.25) is 4.79 Å². The number of rotatable bonds is 2. The highest BCUT2D eigenvalue weighted by molar-refractivity contribution is 5.95. The Morgan fingerprint density at radius 3 is 2.50 bits per heavy atom. The van der Waals surface area contributed by atoms with Gasteiger partial charge in [-0.1, -0.05) is 20.8 Å². The average Bonchev–Trinajstić information content (AvgIpc) is 2.30. The zero-order valence-corrected chi connectivity index (χ0v) is 11.1. The molecule has 1 amide bonds. The second kappa shape index (κ2) is 5.18. The Bertz CT molecular complexity index is 510. The third-order valence-corrected chi connectivity index (χ3v) is 2.78. The molecular formula is C14H17FN2O. The molecule has 0 unspecified atom stereocenters. The van der Waals surface area contributed by atoms with Crippen LogP contribution in [0.5, 0.6) is 0 Å². The van der Waals surface area contributed by atoms with Crippen LogP contribution in [0.4, 0.5) is 10.1 Å². The summed E-state index contributed by atoms with van der Waals surface area (Å²) in [4.78, 5) is 11.9. The zero-order chi connectivity index (χ0) is 13.9. The van der Waals surface area contributed by atoms with E-state index in [2.05, 4.69) is 5.32 Å². The summed E-state index contributed by atoms with van der Waals surface area (Å²) in [5.41, 5.74) is 1.29. The molecule has 1 aromatic rings. The van der Waals surface area contributed by atoms with Crippen LogP contribution in [0.1, 0.15) is 37.5 Å². The molecule has 1 rings (SSSR count). The van der Waals surface area contributed by atoms with Crippen molar-refractivity contribution in [3.63, 3.8) is 0 Å². The van der Waals surface area contributed by atoms with Crippen molar-refractivity contribution in [1.82, 2.24) is 0 Å². The lowest BCUT2D eigenvalue weighted by Crippen LogP contribution is -2.28. The SMILES string of the molecule is Cc1c(NC(=O)C(C)(C)C)ccc(C#N)c1CF. The van der Waals surface area contributed by atoms with E-state index in [1.54, 1.807) is 33.8 Å². The van der Waals surface area contributed by atoms with Gasteiger partial charge < -0.3 is 5.32 Å². The Kier molecular flexibility index (Phi) is 4.07. The van der Waals surface area contributed by atoms with Crippen LogP contribution in [0.3, 0.4) is 0 Å².